The maximum atomic E-state index is 10.7. The number of hydrogen-bond donors (Lipinski definition) is 1. The summed E-state index contributed by atoms with van der Waals surface area (Å²) in [4.78, 5) is 10.7. The van der Waals surface area contributed by atoms with Crippen LogP contribution in [0, 0.1) is 5.92 Å². The first-order chi connectivity index (χ1) is 8.00. The quantitative estimate of drug-likeness (QED) is 0.784. The summed E-state index contributed by atoms with van der Waals surface area (Å²) in [6.45, 7) is 4.41. The summed E-state index contributed by atoms with van der Waals surface area (Å²) in [5.74, 6) is 1.72. The van der Waals surface area contributed by atoms with Crippen LogP contribution in [0.2, 0.25) is 5.02 Å². The van der Waals surface area contributed by atoms with Gasteiger partial charge in [0.05, 0.1) is 5.56 Å². The van der Waals surface area contributed by atoms with Crippen LogP contribution in [-0.2, 0) is 5.75 Å². The molecule has 0 unspecified atom stereocenters. The van der Waals surface area contributed by atoms with Crippen LogP contribution in [0.3, 0.4) is 0 Å². The molecule has 1 aromatic carbocycles. The summed E-state index contributed by atoms with van der Waals surface area (Å²) in [5.41, 5.74) is 1.25. The molecule has 0 saturated carbocycles. The molecule has 0 heterocycles. The Morgan fingerprint density at radius 1 is 1.47 bits per heavy atom. The van der Waals surface area contributed by atoms with Crippen LogP contribution in [0.1, 0.15) is 36.2 Å². The zero-order chi connectivity index (χ0) is 12.8. The molecule has 0 radical (unpaired) electrons. The van der Waals surface area contributed by atoms with Crippen molar-refractivity contribution in [2.75, 3.05) is 5.75 Å². The largest absolute Gasteiger partial charge is 0.478 e. The van der Waals surface area contributed by atoms with Gasteiger partial charge in [0, 0.05) is 10.8 Å². The van der Waals surface area contributed by atoms with Gasteiger partial charge in [-0.05, 0) is 35.8 Å². The lowest BCUT2D eigenvalue weighted by molar-refractivity contribution is 0.0697. The number of rotatable bonds is 6. The van der Waals surface area contributed by atoms with E-state index in [-0.39, 0.29) is 5.56 Å². The Morgan fingerprint density at radius 2 is 2.18 bits per heavy atom. The van der Waals surface area contributed by atoms with E-state index in [1.54, 1.807) is 12.1 Å². The van der Waals surface area contributed by atoms with E-state index < -0.39 is 5.97 Å². The molecule has 0 aliphatic heterocycles. The Labute approximate surface area is 111 Å². The molecule has 0 aliphatic rings. The minimum atomic E-state index is -0.939. The molecule has 1 N–H and O–H groups in total. The highest BCUT2D eigenvalue weighted by molar-refractivity contribution is 7.98. The number of aromatic carboxylic acids is 1. The Kier molecular flexibility index (Phi) is 5.86. The van der Waals surface area contributed by atoms with Crippen LogP contribution in [-0.4, -0.2) is 16.8 Å². The fourth-order valence-electron chi connectivity index (χ4n) is 1.30. The number of carboxylic acids is 1. The van der Waals surface area contributed by atoms with Gasteiger partial charge in [-0.1, -0.05) is 31.5 Å². The van der Waals surface area contributed by atoms with Crippen LogP contribution in [0.25, 0.3) is 0 Å². The van der Waals surface area contributed by atoms with Crippen LogP contribution in [0.4, 0.5) is 0 Å². The lowest BCUT2D eigenvalue weighted by Gasteiger charge is -2.06. The maximum Gasteiger partial charge on any atom is 0.335 e. The van der Waals surface area contributed by atoms with E-state index in [0.717, 1.165) is 17.1 Å². The average Bonchev–Trinajstić information content (AvgIpc) is 2.25. The third kappa shape index (κ3) is 5.00. The highest BCUT2D eigenvalue weighted by Gasteiger charge is 2.07. The summed E-state index contributed by atoms with van der Waals surface area (Å²) >= 11 is 7.87. The van der Waals surface area contributed by atoms with Crippen LogP contribution in [0.5, 0.6) is 0 Å². The molecule has 2 nitrogen and oxygen atoms in total. The topological polar surface area (TPSA) is 37.3 Å². The number of thioether (sulfide) groups is 1. The van der Waals surface area contributed by atoms with Crippen LogP contribution >= 0.6 is 23.4 Å². The SMILES string of the molecule is CC(C)CCSCc1ccc(C(=O)O)cc1Cl. The van der Waals surface area contributed by atoms with Crippen molar-refractivity contribution in [3.05, 3.63) is 34.3 Å². The molecule has 0 atom stereocenters. The lowest BCUT2D eigenvalue weighted by atomic mass is 10.1. The molecule has 0 aliphatic carbocycles. The third-order valence-corrected chi connectivity index (χ3v) is 3.79. The molecule has 0 aromatic heterocycles. The Morgan fingerprint density at radius 3 is 2.71 bits per heavy atom. The Bertz CT molecular complexity index is 391. The van der Waals surface area contributed by atoms with E-state index in [1.807, 2.05) is 11.8 Å². The van der Waals surface area contributed by atoms with Gasteiger partial charge in [0.25, 0.3) is 0 Å². The number of carboxylic acid groups (broad SMARTS) is 1. The third-order valence-electron chi connectivity index (χ3n) is 2.40. The second-order valence-electron chi connectivity index (χ2n) is 4.35. The Hall–Kier alpha value is -0.670. The summed E-state index contributed by atoms with van der Waals surface area (Å²) in [6.07, 6.45) is 1.19. The number of hydrogen-bond acceptors (Lipinski definition) is 2. The number of carbonyl (C=O) groups is 1. The van der Waals surface area contributed by atoms with Gasteiger partial charge in [-0.15, -0.1) is 0 Å². The number of benzene rings is 1. The fraction of sp³-hybridized carbons (Fsp3) is 0.462. The standard InChI is InChI=1S/C13H17ClO2S/c1-9(2)5-6-17-8-11-4-3-10(13(15)16)7-12(11)14/h3-4,7,9H,5-6,8H2,1-2H3,(H,15,16). The molecule has 17 heavy (non-hydrogen) atoms. The molecule has 0 fully saturated rings. The smallest absolute Gasteiger partial charge is 0.335 e. The van der Waals surface area contributed by atoms with Gasteiger partial charge < -0.3 is 5.11 Å². The molecule has 1 rings (SSSR count). The van der Waals surface area contributed by atoms with Gasteiger partial charge in [0.2, 0.25) is 0 Å². The fourth-order valence-corrected chi connectivity index (χ4v) is 2.88. The van der Waals surface area contributed by atoms with Gasteiger partial charge in [-0.25, -0.2) is 4.79 Å². The minimum Gasteiger partial charge on any atom is -0.478 e. The first kappa shape index (κ1) is 14.4. The molecule has 1 aromatic rings. The van der Waals surface area contributed by atoms with Gasteiger partial charge in [0.15, 0.2) is 0 Å². The molecular formula is C13H17ClO2S. The second kappa shape index (κ2) is 6.92. The van der Waals surface area contributed by atoms with Gasteiger partial charge >= 0.3 is 5.97 Å². The lowest BCUT2D eigenvalue weighted by Crippen LogP contribution is -1.97. The second-order valence-corrected chi connectivity index (χ2v) is 5.86. The highest BCUT2D eigenvalue weighted by atomic mass is 35.5. The van der Waals surface area contributed by atoms with Crippen molar-refractivity contribution in [2.45, 2.75) is 26.0 Å². The molecule has 4 heteroatoms. The van der Waals surface area contributed by atoms with E-state index in [0.29, 0.717) is 10.9 Å². The molecular weight excluding hydrogens is 256 g/mol. The Balaban J connectivity index is 2.52. The molecule has 0 amide bonds. The van der Waals surface area contributed by atoms with Crippen LogP contribution in [0.15, 0.2) is 18.2 Å². The predicted molar refractivity (Wildman–Crippen MR) is 74.0 cm³/mol. The van der Waals surface area contributed by atoms with Gasteiger partial charge in [-0.2, -0.15) is 11.8 Å². The van der Waals surface area contributed by atoms with Gasteiger partial charge in [0.1, 0.15) is 0 Å². The van der Waals surface area contributed by atoms with E-state index in [9.17, 15) is 4.79 Å². The molecule has 0 bridgehead atoms. The highest BCUT2D eigenvalue weighted by Crippen LogP contribution is 2.23. The predicted octanol–water partition coefficient (Wildman–Crippen LogP) is 4.32. The van der Waals surface area contributed by atoms with Crippen molar-refractivity contribution in [2.24, 2.45) is 5.92 Å². The van der Waals surface area contributed by atoms with Crippen LogP contribution < -0.4 is 0 Å². The average molecular weight is 273 g/mol. The minimum absolute atomic E-state index is 0.242. The number of halogens is 1. The summed E-state index contributed by atoms with van der Waals surface area (Å²) in [5, 5.41) is 9.35. The van der Waals surface area contributed by atoms with E-state index >= 15 is 0 Å². The van der Waals surface area contributed by atoms with Crippen molar-refractivity contribution in [1.82, 2.24) is 0 Å². The monoisotopic (exact) mass is 272 g/mol. The van der Waals surface area contributed by atoms with E-state index in [1.165, 1.54) is 12.5 Å². The zero-order valence-corrected chi connectivity index (χ0v) is 11.6. The summed E-state index contributed by atoms with van der Waals surface area (Å²) < 4.78 is 0. The van der Waals surface area contributed by atoms with Crippen molar-refractivity contribution in [3.63, 3.8) is 0 Å². The van der Waals surface area contributed by atoms with Crippen molar-refractivity contribution in [3.8, 4) is 0 Å². The van der Waals surface area contributed by atoms with Gasteiger partial charge in [-0.3, -0.25) is 0 Å². The normalized spacial score (nSPS) is 10.8. The maximum absolute atomic E-state index is 10.7. The summed E-state index contributed by atoms with van der Waals surface area (Å²) in [6, 6.07) is 4.92. The van der Waals surface area contributed by atoms with Crippen molar-refractivity contribution >= 4 is 29.3 Å². The molecule has 94 valence electrons. The van der Waals surface area contributed by atoms with Crippen molar-refractivity contribution in [1.29, 1.82) is 0 Å². The van der Waals surface area contributed by atoms with E-state index in [2.05, 4.69) is 13.8 Å². The zero-order valence-electron chi connectivity index (χ0n) is 10.1. The first-order valence-electron chi connectivity index (χ1n) is 5.60. The molecule has 0 spiro atoms. The van der Waals surface area contributed by atoms with E-state index in [4.69, 9.17) is 16.7 Å². The first-order valence-corrected chi connectivity index (χ1v) is 7.13. The summed E-state index contributed by atoms with van der Waals surface area (Å²) in [7, 11) is 0. The molecule has 0 saturated heterocycles. The van der Waals surface area contributed by atoms with Crippen molar-refractivity contribution < 1.29 is 9.90 Å².